The average Bonchev–Trinajstić information content (AvgIpc) is 2.94. The van der Waals surface area contributed by atoms with Crippen molar-refractivity contribution in [1.29, 1.82) is 0 Å². The van der Waals surface area contributed by atoms with Crippen LogP contribution in [0.5, 0.6) is 0 Å². The molecule has 1 amide bonds. The van der Waals surface area contributed by atoms with Crippen molar-refractivity contribution in [3.63, 3.8) is 0 Å². The van der Waals surface area contributed by atoms with Crippen LogP contribution in [0.4, 0.5) is 4.39 Å². The van der Waals surface area contributed by atoms with E-state index >= 15 is 0 Å². The minimum Gasteiger partial charge on any atom is -0.336 e. The topological polar surface area (TPSA) is 86.4 Å². The maximum Gasteiger partial charge on any atom is 0.256 e. The Morgan fingerprint density at radius 3 is 2.36 bits per heavy atom. The zero-order chi connectivity index (χ0) is 18.2. The highest BCUT2D eigenvalue weighted by Crippen LogP contribution is 2.23. The Bertz CT molecular complexity index is 882. The number of piperazine rings is 1. The fraction of sp³-hybridized carbons (Fsp3) is 0.375. The van der Waals surface area contributed by atoms with Crippen LogP contribution in [0.15, 0.2) is 29.2 Å². The molecule has 1 fully saturated rings. The molecule has 1 aromatic heterocycles. The van der Waals surface area contributed by atoms with Crippen LogP contribution in [0.3, 0.4) is 0 Å². The number of aromatic nitrogens is 2. The maximum absolute atomic E-state index is 13.8. The van der Waals surface area contributed by atoms with Gasteiger partial charge in [0.1, 0.15) is 10.7 Å². The first-order valence-corrected chi connectivity index (χ1v) is 9.32. The average molecular weight is 366 g/mol. The number of hydrogen-bond acceptors (Lipinski definition) is 4. The Labute approximate surface area is 145 Å². The minimum absolute atomic E-state index is 0.000306. The quantitative estimate of drug-likeness (QED) is 0.887. The Morgan fingerprint density at radius 1 is 1.16 bits per heavy atom. The Hall–Kier alpha value is -2.26. The number of benzene rings is 1. The summed E-state index contributed by atoms with van der Waals surface area (Å²) < 4.78 is 40.7. The summed E-state index contributed by atoms with van der Waals surface area (Å²) in [6.45, 7) is 4.03. The Balaban J connectivity index is 1.74. The molecule has 1 aromatic carbocycles. The molecule has 7 nitrogen and oxygen atoms in total. The molecule has 1 N–H and O–H groups in total. The molecule has 3 rings (SSSR count). The number of nitrogens with one attached hydrogen (secondary N) is 1. The van der Waals surface area contributed by atoms with E-state index in [9.17, 15) is 17.6 Å². The summed E-state index contributed by atoms with van der Waals surface area (Å²) in [6.07, 6.45) is 0. The van der Waals surface area contributed by atoms with Gasteiger partial charge in [-0.05, 0) is 26.0 Å². The first-order chi connectivity index (χ1) is 11.8. The Morgan fingerprint density at radius 2 is 1.80 bits per heavy atom. The third kappa shape index (κ3) is 3.16. The van der Waals surface area contributed by atoms with Gasteiger partial charge in [-0.3, -0.25) is 9.89 Å². The number of sulfonamides is 1. The van der Waals surface area contributed by atoms with E-state index in [0.29, 0.717) is 11.4 Å². The first kappa shape index (κ1) is 17.6. The number of H-pyrrole nitrogens is 1. The minimum atomic E-state index is -3.67. The van der Waals surface area contributed by atoms with Crippen LogP contribution >= 0.6 is 0 Å². The lowest BCUT2D eigenvalue weighted by atomic mass is 10.1. The third-order valence-corrected chi connectivity index (χ3v) is 6.45. The van der Waals surface area contributed by atoms with E-state index in [-0.39, 0.29) is 36.6 Å². The molecule has 2 heterocycles. The molecule has 0 bridgehead atoms. The van der Waals surface area contributed by atoms with E-state index in [1.165, 1.54) is 27.4 Å². The second-order valence-electron chi connectivity index (χ2n) is 5.94. The lowest BCUT2D eigenvalue weighted by Gasteiger charge is -2.34. The van der Waals surface area contributed by atoms with Crippen molar-refractivity contribution in [1.82, 2.24) is 19.4 Å². The fourth-order valence-electron chi connectivity index (χ4n) is 2.99. The predicted octanol–water partition coefficient (Wildman–Crippen LogP) is 1.31. The number of nitrogens with zero attached hydrogens (tertiary/aromatic N) is 3. The SMILES string of the molecule is Cc1n[nH]c(C)c1S(=O)(=O)N1CCN(C(=O)c2ccccc2F)CC1. The number of hydrogen-bond donors (Lipinski definition) is 1. The van der Waals surface area contributed by atoms with E-state index in [1.54, 1.807) is 19.9 Å². The van der Waals surface area contributed by atoms with Gasteiger partial charge in [0, 0.05) is 26.2 Å². The highest BCUT2D eigenvalue weighted by molar-refractivity contribution is 7.89. The molecule has 0 saturated carbocycles. The van der Waals surface area contributed by atoms with Gasteiger partial charge in [0.25, 0.3) is 5.91 Å². The summed E-state index contributed by atoms with van der Waals surface area (Å²) in [6, 6.07) is 5.78. The highest BCUT2D eigenvalue weighted by Gasteiger charge is 2.33. The van der Waals surface area contributed by atoms with E-state index < -0.39 is 21.7 Å². The van der Waals surface area contributed by atoms with Gasteiger partial charge in [0.2, 0.25) is 10.0 Å². The molecule has 134 valence electrons. The Kier molecular flexibility index (Phi) is 4.61. The normalized spacial score (nSPS) is 16.2. The second kappa shape index (κ2) is 6.57. The van der Waals surface area contributed by atoms with Crippen LogP contribution in [-0.2, 0) is 10.0 Å². The van der Waals surface area contributed by atoms with Crippen LogP contribution in [0.1, 0.15) is 21.7 Å². The summed E-state index contributed by atoms with van der Waals surface area (Å²) in [5.41, 5.74) is 0.907. The van der Waals surface area contributed by atoms with Gasteiger partial charge in [-0.25, -0.2) is 12.8 Å². The van der Waals surface area contributed by atoms with Crippen molar-refractivity contribution >= 4 is 15.9 Å². The predicted molar refractivity (Wildman–Crippen MR) is 89.1 cm³/mol. The van der Waals surface area contributed by atoms with Crippen LogP contribution in [-0.4, -0.2) is 59.9 Å². The van der Waals surface area contributed by atoms with Gasteiger partial charge < -0.3 is 4.90 Å². The number of carbonyl (C=O) groups is 1. The van der Waals surface area contributed by atoms with Gasteiger partial charge in [-0.2, -0.15) is 9.40 Å². The van der Waals surface area contributed by atoms with Crippen molar-refractivity contribution in [3.8, 4) is 0 Å². The summed E-state index contributed by atoms with van der Waals surface area (Å²) in [4.78, 5) is 14.1. The van der Waals surface area contributed by atoms with Crippen molar-refractivity contribution in [2.45, 2.75) is 18.7 Å². The molecular weight excluding hydrogens is 347 g/mol. The third-order valence-electron chi connectivity index (χ3n) is 4.29. The molecule has 1 aliphatic rings. The largest absolute Gasteiger partial charge is 0.336 e. The van der Waals surface area contributed by atoms with E-state index in [1.807, 2.05) is 0 Å². The van der Waals surface area contributed by atoms with Crippen molar-refractivity contribution < 1.29 is 17.6 Å². The van der Waals surface area contributed by atoms with Crippen molar-refractivity contribution in [3.05, 3.63) is 47.0 Å². The molecule has 0 unspecified atom stereocenters. The van der Waals surface area contributed by atoms with Gasteiger partial charge in [-0.15, -0.1) is 0 Å². The van der Waals surface area contributed by atoms with E-state index in [2.05, 4.69) is 10.2 Å². The summed E-state index contributed by atoms with van der Waals surface area (Å²) in [7, 11) is -3.67. The zero-order valence-corrected chi connectivity index (χ0v) is 14.8. The number of halogens is 1. The number of aromatic amines is 1. The van der Waals surface area contributed by atoms with Gasteiger partial charge in [-0.1, -0.05) is 12.1 Å². The highest BCUT2D eigenvalue weighted by atomic mass is 32.2. The molecular formula is C16H19FN4O3S. The van der Waals surface area contributed by atoms with Crippen molar-refractivity contribution in [2.24, 2.45) is 0 Å². The van der Waals surface area contributed by atoms with Gasteiger partial charge >= 0.3 is 0 Å². The van der Waals surface area contributed by atoms with Gasteiger partial charge in [0.05, 0.1) is 17.0 Å². The van der Waals surface area contributed by atoms with Crippen LogP contribution in [0.25, 0.3) is 0 Å². The molecule has 0 atom stereocenters. The molecule has 2 aromatic rings. The van der Waals surface area contributed by atoms with E-state index in [4.69, 9.17) is 0 Å². The molecule has 0 spiro atoms. The van der Waals surface area contributed by atoms with Crippen LogP contribution in [0.2, 0.25) is 0 Å². The number of carbonyl (C=O) groups excluding carboxylic acids is 1. The fourth-order valence-corrected chi connectivity index (χ4v) is 4.74. The molecule has 1 aliphatic heterocycles. The molecule has 1 saturated heterocycles. The molecule has 9 heteroatoms. The van der Waals surface area contributed by atoms with E-state index in [0.717, 1.165) is 0 Å². The first-order valence-electron chi connectivity index (χ1n) is 7.88. The van der Waals surface area contributed by atoms with Crippen molar-refractivity contribution in [2.75, 3.05) is 26.2 Å². The second-order valence-corrected chi connectivity index (χ2v) is 7.81. The zero-order valence-electron chi connectivity index (χ0n) is 14.0. The number of aryl methyl sites for hydroxylation is 2. The lowest BCUT2D eigenvalue weighted by Crippen LogP contribution is -2.50. The van der Waals surface area contributed by atoms with Crippen LogP contribution in [0, 0.1) is 19.7 Å². The summed E-state index contributed by atoms with van der Waals surface area (Å²) >= 11 is 0. The van der Waals surface area contributed by atoms with Crippen LogP contribution < -0.4 is 0 Å². The van der Waals surface area contributed by atoms with Gasteiger partial charge in [0.15, 0.2) is 0 Å². The summed E-state index contributed by atoms with van der Waals surface area (Å²) in [5, 5.41) is 6.61. The number of amides is 1. The molecule has 0 radical (unpaired) electrons. The standard InChI is InChI=1S/C16H19FN4O3S/c1-11-15(12(2)19-18-11)25(23,24)21-9-7-20(8-10-21)16(22)13-5-3-4-6-14(13)17/h3-6H,7-10H2,1-2H3,(H,18,19). The monoisotopic (exact) mass is 366 g/mol. The molecule has 0 aliphatic carbocycles. The summed E-state index contributed by atoms with van der Waals surface area (Å²) in [5.74, 6) is -1.00. The lowest BCUT2D eigenvalue weighted by molar-refractivity contribution is 0.0693. The number of rotatable bonds is 3. The smallest absolute Gasteiger partial charge is 0.256 e. The maximum atomic E-state index is 13.8. The molecule has 25 heavy (non-hydrogen) atoms.